The number of aliphatic carboxylic acids is 1. The Labute approximate surface area is 101 Å². The molecule has 0 aliphatic carbocycles. The van der Waals surface area contributed by atoms with Crippen molar-refractivity contribution in [1.82, 2.24) is 0 Å². The third-order valence-corrected chi connectivity index (χ3v) is 2.49. The molecule has 4 heteroatoms. The predicted octanol–water partition coefficient (Wildman–Crippen LogP) is 1.95. The number of carboxylic acids is 1. The number of aryl methyl sites for hydroxylation is 2. The maximum atomic E-state index is 10.5. The maximum Gasteiger partial charge on any atom is 0.328 e. The van der Waals surface area contributed by atoms with E-state index in [-0.39, 0.29) is 0 Å². The number of hydrogen-bond donors (Lipinski definition) is 2. The summed E-state index contributed by atoms with van der Waals surface area (Å²) in [6.45, 7) is 3.90. The van der Waals surface area contributed by atoms with Crippen molar-refractivity contribution in [2.75, 3.05) is 7.11 Å². The highest BCUT2D eigenvalue weighted by molar-refractivity contribution is 5.79. The van der Waals surface area contributed by atoms with Crippen molar-refractivity contribution in [3.63, 3.8) is 0 Å². The molecule has 0 bridgehead atoms. The van der Waals surface area contributed by atoms with Crippen LogP contribution >= 0.6 is 0 Å². The second-order valence-corrected chi connectivity index (χ2v) is 3.92. The van der Waals surface area contributed by atoms with Gasteiger partial charge in [-0.1, -0.05) is 12.1 Å². The first-order valence-corrected chi connectivity index (χ1v) is 5.27. The third kappa shape index (κ3) is 3.32. The molecule has 3 N–H and O–H groups in total. The fraction of sp³-hybridized carbons (Fsp3) is 0.308. The highest BCUT2D eigenvalue weighted by Gasteiger charge is 2.13. The van der Waals surface area contributed by atoms with Gasteiger partial charge in [0.05, 0.1) is 13.2 Å². The van der Waals surface area contributed by atoms with Crippen LogP contribution in [0.2, 0.25) is 0 Å². The Hall–Kier alpha value is -1.81. The highest BCUT2D eigenvalue weighted by Crippen LogP contribution is 2.29. The maximum absolute atomic E-state index is 10.5. The topological polar surface area (TPSA) is 72.5 Å². The molecule has 0 radical (unpaired) electrons. The number of carbonyl (C=O) groups is 1. The zero-order chi connectivity index (χ0) is 13.0. The first-order valence-electron chi connectivity index (χ1n) is 5.27. The van der Waals surface area contributed by atoms with E-state index in [1.807, 2.05) is 26.0 Å². The molecule has 1 aromatic carbocycles. The van der Waals surface area contributed by atoms with Gasteiger partial charge in [0.15, 0.2) is 0 Å². The number of ether oxygens (including phenoxy) is 1. The molecule has 0 amide bonds. The lowest BCUT2D eigenvalue weighted by Gasteiger charge is -2.16. The molecule has 0 aromatic heterocycles. The Morgan fingerprint density at radius 3 is 2.65 bits per heavy atom. The van der Waals surface area contributed by atoms with Crippen molar-refractivity contribution in [2.45, 2.75) is 19.9 Å². The molecule has 0 saturated heterocycles. The molecule has 1 atom stereocenters. The van der Waals surface area contributed by atoms with Crippen LogP contribution < -0.4 is 10.5 Å². The van der Waals surface area contributed by atoms with E-state index in [0.29, 0.717) is 5.75 Å². The Balaban J connectivity index is 3.16. The van der Waals surface area contributed by atoms with Crippen molar-refractivity contribution in [2.24, 2.45) is 5.73 Å². The lowest BCUT2D eigenvalue weighted by atomic mass is 9.98. The van der Waals surface area contributed by atoms with Crippen LogP contribution in [0.25, 0.3) is 0 Å². The van der Waals surface area contributed by atoms with Crippen LogP contribution in [0.3, 0.4) is 0 Å². The number of carboxylic acid groups (broad SMARTS) is 1. The van der Waals surface area contributed by atoms with Crippen molar-refractivity contribution >= 4 is 5.97 Å². The molecule has 0 spiro atoms. The summed E-state index contributed by atoms with van der Waals surface area (Å²) in [6.07, 6.45) is 2.49. The molecule has 4 nitrogen and oxygen atoms in total. The monoisotopic (exact) mass is 235 g/mol. The molecule has 1 aromatic rings. The van der Waals surface area contributed by atoms with E-state index >= 15 is 0 Å². The summed E-state index contributed by atoms with van der Waals surface area (Å²) in [5.74, 6) is -0.325. The summed E-state index contributed by atoms with van der Waals surface area (Å²) in [4.78, 5) is 10.5. The molecule has 0 heterocycles. The van der Waals surface area contributed by atoms with E-state index in [4.69, 9.17) is 15.6 Å². The average molecular weight is 235 g/mol. The molecule has 92 valence electrons. The third-order valence-electron chi connectivity index (χ3n) is 2.49. The average Bonchev–Trinajstić information content (AvgIpc) is 2.24. The van der Waals surface area contributed by atoms with Crippen molar-refractivity contribution in [1.29, 1.82) is 0 Å². The van der Waals surface area contributed by atoms with E-state index in [1.54, 1.807) is 7.11 Å². The van der Waals surface area contributed by atoms with Gasteiger partial charge in [0, 0.05) is 11.6 Å². The van der Waals surface area contributed by atoms with E-state index in [0.717, 1.165) is 22.8 Å². The van der Waals surface area contributed by atoms with Gasteiger partial charge in [-0.15, -0.1) is 0 Å². The minimum Gasteiger partial charge on any atom is -0.496 e. The minimum atomic E-state index is -1.01. The van der Waals surface area contributed by atoms with Crippen molar-refractivity contribution < 1.29 is 14.6 Å². The molecule has 1 unspecified atom stereocenters. The minimum absolute atomic E-state index is 0.485. The van der Waals surface area contributed by atoms with E-state index in [9.17, 15) is 4.79 Å². The summed E-state index contributed by atoms with van der Waals surface area (Å²) >= 11 is 0. The molecule has 0 aliphatic heterocycles. The Kier molecular flexibility index (Phi) is 4.29. The molecule has 0 saturated carbocycles. The second-order valence-electron chi connectivity index (χ2n) is 3.92. The molecule has 1 rings (SSSR count). The Bertz CT molecular complexity index is 452. The van der Waals surface area contributed by atoms with E-state index in [1.165, 1.54) is 6.08 Å². The van der Waals surface area contributed by atoms with Crippen LogP contribution in [-0.4, -0.2) is 18.2 Å². The van der Waals surface area contributed by atoms with Crippen LogP contribution in [0.1, 0.15) is 22.7 Å². The van der Waals surface area contributed by atoms with Gasteiger partial charge in [0.1, 0.15) is 5.75 Å². The normalized spacial score (nSPS) is 12.7. The first kappa shape index (κ1) is 13.3. The van der Waals surface area contributed by atoms with Crippen LogP contribution in [0, 0.1) is 13.8 Å². The summed E-state index contributed by atoms with van der Waals surface area (Å²) in [7, 11) is 1.57. The number of nitrogens with two attached hydrogens (primary N) is 1. The summed E-state index contributed by atoms with van der Waals surface area (Å²) in [5.41, 5.74) is 8.83. The van der Waals surface area contributed by atoms with Gasteiger partial charge in [-0.3, -0.25) is 0 Å². The number of methoxy groups -OCH3 is 1. The van der Waals surface area contributed by atoms with Gasteiger partial charge in [0.2, 0.25) is 0 Å². The standard InChI is InChI=1S/C13H17NO3/c1-8-6-9(2)13(11(7-8)17-3)10(14)4-5-12(15)16/h4-7,10H,14H2,1-3H3,(H,15,16)/b5-4+. The Morgan fingerprint density at radius 2 is 2.12 bits per heavy atom. The number of benzene rings is 1. The van der Waals surface area contributed by atoms with Gasteiger partial charge in [0.25, 0.3) is 0 Å². The van der Waals surface area contributed by atoms with Crippen LogP contribution in [0.15, 0.2) is 24.3 Å². The van der Waals surface area contributed by atoms with E-state index in [2.05, 4.69) is 0 Å². The smallest absolute Gasteiger partial charge is 0.328 e. The van der Waals surface area contributed by atoms with Gasteiger partial charge < -0.3 is 15.6 Å². The van der Waals surface area contributed by atoms with Crippen LogP contribution in [0.4, 0.5) is 0 Å². The molecular formula is C13H17NO3. The zero-order valence-corrected chi connectivity index (χ0v) is 10.2. The first-order chi connectivity index (χ1) is 7.95. The van der Waals surface area contributed by atoms with Gasteiger partial charge in [-0.25, -0.2) is 4.79 Å². The van der Waals surface area contributed by atoms with Crippen LogP contribution in [-0.2, 0) is 4.79 Å². The van der Waals surface area contributed by atoms with Crippen molar-refractivity contribution in [3.05, 3.63) is 41.0 Å². The highest BCUT2D eigenvalue weighted by atomic mass is 16.5. The largest absolute Gasteiger partial charge is 0.496 e. The SMILES string of the molecule is COc1cc(C)cc(C)c1C(N)/C=C/C(=O)O. The summed E-state index contributed by atoms with van der Waals surface area (Å²) in [6, 6.07) is 3.39. The molecule has 17 heavy (non-hydrogen) atoms. The Morgan fingerprint density at radius 1 is 1.47 bits per heavy atom. The molecule has 0 aliphatic rings. The molecule has 0 fully saturated rings. The van der Waals surface area contributed by atoms with Gasteiger partial charge >= 0.3 is 5.97 Å². The quantitative estimate of drug-likeness (QED) is 0.782. The lowest BCUT2D eigenvalue weighted by molar-refractivity contribution is -0.131. The second kappa shape index (κ2) is 5.50. The zero-order valence-electron chi connectivity index (χ0n) is 10.2. The van der Waals surface area contributed by atoms with Gasteiger partial charge in [-0.05, 0) is 31.0 Å². The fourth-order valence-electron chi connectivity index (χ4n) is 1.82. The molecular weight excluding hydrogens is 218 g/mol. The fourth-order valence-corrected chi connectivity index (χ4v) is 1.82. The summed E-state index contributed by atoms with van der Waals surface area (Å²) < 4.78 is 5.27. The lowest BCUT2D eigenvalue weighted by Crippen LogP contribution is -2.11. The predicted molar refractivity (Wildman–Crippen MR) is 66.2 cm³/mol. The van der Waals surface area contributed by atoms with E-state index < -0.39 is 12.0 Å². The number of hydrogen-bond acceptors (Lipinski definition) is 3. The number of rotatable bonds is 4. The summed E-state index contributed by atoms with van der Waals surface area (Å²) in [5, 5.41) is 8.58. The van der Waals surface area contributed by atoms with Crippen LogP contribution in [0.5, 0.6) is 5.75 Å². The van der Waals surface area contributed by atoms with Gasteiger partial charge in [-0.2, -0.15) is 0 Å². The van der Waals surface area contributed by atoms with Crippen molar-refractivity contribution in [3.8, 4) is 5.75 Å².